The molecule has 8 nitrogen and oxygen atoms in total. The summed E-state index contributed by atoms with van der Waals surface area (Å²) in [5.74, 6) is 1.00. The number of hydrogen-bond acceptors (Lipinski definition) is 7. The summed E-state index contributed by atoms with van der Waals surface area (Å²) in [6.45, 7) is 12.2. The summed E-state index contributed by atoms with van der Waals surface area (Å²) in [6.07, 6.45) is 9.08. The Kier molecular flexibility index (Phi) is 7.71. The maximum absolute atomic E-state index is 12.5. The van der Waals surface area contributed by atoms with Crippen LogP contribution in [0, 0.1) is 0 Å². The molecule has 214 valence electrons. The molecule has 8 heteroatoms. The minimum Gasteiger partial charge on any atom is -0.462 e. The highest BCUT2D eigenvalue weighted by Gasteiger charge is 2.36. The molecule has 4 atom stereocenters. The second kappa shape index (κ2) is 11.4. The van der Waals surface area contributed by atoms with Gasteiger partial charge in [-0.15, -0.1) is 0 Å². The summed E-state index contributed by atoms with van der Waals surface area (Å²) < 4.78 is 6.35. The molecule has 0 bridgehead atoms. The van der Waals surface area contributed by atoms with Crippen molar-refractivity contribution >= 4 is 17.4 Å². The van der Waals surface area contributed by atoms with E-state index in [1.54, 1.807) is 0 Å². The number of likely N-dealkylation sites (N-methyl/N-ethyl adjacent to an activating group) is 1. The lowest BCUT2D eigenvalue weighted by molar-refractivity contribution is -0.128. The van der Waals surface area contributed by atoms with Gasteiger partial charge in [-0.3, -0.25) is 4.79 Å². The molecule has 0 saturated carbocycles. The topological polar surface area (TPSA) is 65.0 Å². The number of rotatable bonds is 6. The van der Waals surface area contributed by atoms with Gasteiger partial charge in [-0.1, -0.05) is 24.8 Å². The molecule has 3 aliphatic heterocycles. The largest absolute Gasteiger partial charge is 0.462 e. The molecule has 40 heavy (non-hydrogen) atoms. The van der Waals surface area contributed by atoms with Crippen LogP contribution in [0.4, 0.5) is 11.5 Å². The summed E-state index contributed by atoms with van der Waals surface area (Å²) in [6, 6.07) is 10.4. The van der Waals surface area contributed by atoms with Gasteiger partial charge in [-0.25, -0.2) is 0 Å². The number of carbonyl (C=O) groups excluding carboxylic acids is 1. The Morgan fingerprint density at radius 3 is 2.70 bits per heavy atom. The average Bonchev–Trinajstić information content (AvgIpc) is 3.39. The van der Waals surface area contributed by atoms with E-state index in [0.29, 0.717) is 31.2 Å². The molecule has 1 aromatic carbocycles. The third-order valence-corrected chi connectivity index (χ3v) is 9.59. The number of nitrogens with zero attached hydrogens (tertiary/aromatic N) is 6. The molecule has 1 amide bonds. The fourth-order valence-corrected chi connectivity index (χ4v) is 7.27. The van der Waals surface area contributed by atoms with E-state index in [9.17, 15) is 4.79 Å². The van der Waals surface area contributed by atoms with E-state index in [4.69, 9.17) is 14.7 Å². The zero-order valence-electron chi connectivity index (χ0n) is 24.4. The fraction of sp³-hybridized carbons (Fsp3) is 0.594. The summed E-state index contributed by atoms with van der Waals surface area (Å²) in [5.41, 5.74) is 5.24. The summed E-state index contributed by atoms with van der Waals surface area (Å²) in [7, 11) is 2.17. The van der Waals surface area contributed by atoms with Crippen LogP contribution in [0.3, 0.4) is 0 Å². The van der Waals surface area contributed by atoms with Crippen molar-refractivity contribution in [2.24, 2.45) is 0 Å². The van der Waals surface area contributed by atoms with E-state index >= 15 is 0 Å². The molecule has 2 fully saturated rings. The number of fused-ring (bicyclic) bond motifs is 2. The third kappa shape index (κ3) is 5.18. The number of para-hydroxylation sites is 1. The smallest absolute Gasteiger partial charge is 0.318 e. The molecule has 1 aromatic heterocycles. The Labute approximate surface area is 239 Å². The number of hydrogen-bond donors (Lipinski definition) is 0. The number of benzene rings is 1. The van der Waals surface area contributed by atoms with Crippen LogP contribution in [0.2, 0.25) is 0 Å². The molecule has 2 aromatic rings. The maximum Gasteiger partial charge on any atom is 0.318 e. The minimum atomic E-state index is -0.00178. The second-order valence-corrected chi connectivity index (χ2v) is 12.2. The molecule has 6 rings (SSSR count). The van der Waals surface area contributed by atoms with Crippen LogP contribution < -0.4 is 14.5 Å². The molecule has 4 aliphatic rings. The van der Waals surface area contributed by atoms with Crippen LogP contribution in [0.25, 0.3) is 0 Å². The number of likely N-dealkylation sites (tertiary alicyclic amines) is 1. The van der Waals surface area contributed by atoms with Gasteiger partial charge in [-0.05, 0) is 83.7 Å². The van der Waals surface area contributed by atoms with Crippen molar-refractivity contribution < 1.29 is 9.53 Å². The van der Waals surface area contributed by atoms with Gasteiger partial charge in [0.2, 0.25) is 5.91 Å². The Morgan fingerprint density at radius 1 is 1.05 bits per heavy atom. The van der Waals surface area contributed by atoms with Gasteiger partial charge in [0, 0.05) is 61.5 Å². The maximum atomic E-state index is 12.5. The van der Waals surface area contributed by atoms with Crippen LogP contribution >= 0.6 is 0 Å². The Balaban J connectivity index is 1.30. The summed E-state index contributed by atoms with van der Waals surface area (Å²) >= 11 is 0. The molecular formula is C32H44N6O2. The third-order valence-electron chi connectivity index (χ3n) is 9.59. The average molecular weight is 545 g/mol. The number of ether oxygens (including phenoxy) is 1. The number of aryl methyl sites for hydroxylation is 1. The molecule has 1 aliphatic carbocycles. The van der Waals surface area contributed by atoms with E-state index in [0.717, 1.165) is 63.3 Å². The standard InChI is InChI=1S/C32H44N6O2/c1-5-30(39)37-19-23(3)38(20-22(37)2)31-27-15-14-25(36-17-8-11-24-10-6-7-13-29(24)36)18-28(27)33-32(34-31)40-21-26-12-9-16-35(26)4/h5-7,10,13,22-23,25-26H,1,8-9,11-12,14-21H2,2-4H3/t22-,23+,25?,26?/m1/s1. The lowest BCUT2D eigenvalue weighted by Gasteiger charge is -2.46. The van der Waals surface area contributed by atoms with Gasteiger partial charge >= 0.3 is 6.01 Å². The highest BCUT2D eigenvalue weighted by Crippen LogP contribution is 2.37. The molecule has 4 heterocycles. The van der Waals surface area contributed by atoms with Gasteiger partial charge < -0.3 is 24.3 Å². The fourth-order valence-electron chi connectivity index (χ4n) is 7.27. The first-order valence-corrected chi connectivity index (χ1v) is 15.2. The van der Waals surface area contributed by atoms with E-state index < -0.39 is 0 Å². The van der Waals surface area contributed by atoms with E-state index in [2.05, 4.69) is 66.4 Å². The number of piperazine rings is 1. The van der Waals surface area contributed by atoms with E-state index in [-0.39, 0.29) is 18.0 Å². The zero-order valence-corrected chi connectivity index (χ0v) is 24.4. The minimum absolute atomic E-state index is 0.00178. The SMILES string of the molecule is C=CC(=O)N1C[C@H](C)N(c2nc(OCC3CCCN3C)nc3c2CCC(N2CCCc4ccccc42)C3)C[C@H]1C. The van der Waals surface area contributed by atoms with E-state index in [1.807, 2.05) is 4.90 Å². The summed E-state index contributed by atoms with van der Waals surface area (Å²) in [5, 5.41) is 0. The first-order chi connectivity index (χ1) is 19.4. The van der Waals surface area contributed by atoms with Crippen molar-refractivity contribution in [1.82, 2.24) is 19.8 Å². The van der Waals surface area contributed by atoms with Crippen molar-refractivity contribution in [2.45, 2.75) is 83.0 Å². The van der Waals surface area contributed by atoms with Crippen molar-refractivity contribution in [3.05, 3.63) is 53.7 Å². The van der Waals surface area contributed by atoms with Gasteiger partial charge in [-0.2, -0.15) is 9.97 Å². The Hall–Kier alpha value is -3.13. The van der Waals surface area contributed by atoms with Crippen LogP contribution in [0.15, 0.2) is 36.9 Å². The van der Waals surface area contributed by atoms with E-state index in [1.165, 1.54) is 35.7 Å². The van der Waals surface area contributed by atoms with Crippen LogP contribution in [-0.2, 0) is 24.1 Å². The van der Waals surface area contributed by atoms with Crippen LogP contribution in [-0.4, -0.2) is 89.7 Å². The van der Waals surface area contributed by atoms with Gasteiger partial charge in [0.15, 0.2) is 0 Å². The normalized spacial score (nSPS) is 26.8. The number of anilines is 2. The lowest BCUT2D eigenvalue weighted by Crippen LogP contribution is -2.58. The van der Waals surface area contributed by atoms with Gasteiger partial charge in [0.25, 0.3) is 0 Å². The van der Waals surface area contributed by atoms with Gasteiger partial charge in [0.1, 0.15) is 12.4 Å². The highest BCUT2D eigenvalue weighted by molar-refractivity contribution is 5.87. The molecule has 0 radical (unpaired) electrons. The van der Waals surface area contributed by atoms with Crippen LogP contribution in [0.5, 0.6) is 6.01 Å². The van der Waals surface area contributed by atoms with Crippen molar-refractivity contribution in [1.29, 1.82) is 0 Å². The Morgan fingerprint density at radius 2 is 1.90 bits per heavy atom. The molecule has 2 unspecified atom stereocenters. The quantitative estimate of drug-likeness (QED) is 0.512. The van der Waals surface area contributed by atoms with Gasteiger partial charge in [0.05, 0.1) is 5.69 Å². The zero-order chi connectivity index (χ0) is 27.8. The summed E-state index contributed by atoms with van der Waals surface area (Å²) in [4.78, 5) is 32.0. The predicted molar refractivity (Wildman–Crippen MR) is 159 cm³/mol. The number of carbonyl (C=O) groups is 1. The second-order valence-electron chi connectivity index (χ2n) is 12.2. The Bertz CT molecular complexity index is 1250. The highest BCUT2D eigenvalue weighted by atomic mass is 16.5. The number of amides is 1. The van der Waals surface area contributed by atoms with Crippen LogP contribution in [0.1, 0.15) is 56.4 Å². The first-order valence-electron chi connectivity index (χ1n) is 15.2. The van der Waals surface area contributed by atoms with Crippen molar-refractivity contribution in [2.75, 3.05) is 49.6 Å². The lowest BCUT2D eigenvalue weighted by atomic mass is 9.88. The molecule has 0 N–H and O–H groups in total. The molecular weight excluding hydrogens is 500 g/mol. The molecule has 0 spiro atoms. The predicted octanol–water partition coefficient (Wildman–Crippen LogP) is 3.87. The van der Waals surface area contributed by atoms with Crippen molar-refractivity contribution in [3.63, 3.8) is 0 Å². The first kappa shape index (κ1) is 27.1. The monoisotopic (exact) mass is 544 g/mol. The number of aromatic nitrogens is 2. The van der Waals surface area contributed by atoms with Crippen molar-refractivity contribution in [3.8, 4) is 6.01 Å². The molecule has 2 saturated heterocycles.